The van der Waals surface area contributed by atoms with Crippen LogP contribution < -0.4 is 0 Å². The molecule has 47 heavy (non-hydrogen) atoms. The summed E-state index contributed by atoms with van der Waals surface area (Å²) in [6.07, 6.45) is 5.53. The van der Waals surface area contributed by atoms with Gasteiger partial charge in [0.05, 0.1) is 49.7 Å². The minimum absolute atomic E-state index is 0.472. The maximum absolute atomic E-state index is 5.84. The smallest absolute Gasteiger partial charge is 0.159 e. The summed E-state index contributed by atoms with van der Waals surface area (Å²) in [6.45, 7) is 0. The number of fused-ring (bicyclic) bond motifs is 3. The molecule has 0 saturated carbocycles. The second-order valence-corrected chi connectivity index (χ2v) is 11.9. The maximum atomic E-state index is 5.84. The molecule has 0 unspecified atom stereocenters. The van der Waals surface area contributed by atoms with Crippen LogP contribution in [0.5, 0.6) is 0 Å². The third kappa shape index (κ3) is 5.31. The highest BCUT2D eigenvalue weighted by Crippen LogP contribution is 2.33. The van der Waals surface area contributed by atoms with Crippen molar-refractivity contribution in [1.82, 2.24) is 24.5 Å². The van der Waals surface area contributed by atoms with Gasteiger partial charge in [-0.15, -0.1) is 0 Å². The molecule has 4 aromatic carbocycles. The van der Waals surface area contributed by atoms with Crippen LogP contribution in [-0.4, -0.2) is 34.2 Å². The standard InChI is InChI=1S/C40H25N5S2/c46-38(39(47)34-22-20-29(24-42-34)45-35-17-9-7-15-30(35)31-16-8-10-18-36(31)45)33-21-19-28(23-41-33)37-32(26-11-3-1-4-12-26)25-43-40(44-37)27-13-5-2-6-14-27/h1-25H. The molecule has 0 aliphatic carbocycles. The number of nitrogens with zero attached hydrogens (tertiary/aromatic N) is 5. The van der Waals surface area contributed by atoms with E-state index in [1.165, 1.54) is 10.8 Å². The largest absolute Gasteiger partial charge is 0.308 e. The average molecular weight is 640 g/mol. The van der Waals surface area contributed by atoms with E-state index in [4.69, 9.17) is 39.4 Å². The van der Waals surface area contributed by atoms with E-state index >= 15 is 0 Å². The van der Waals surface area contributed by atoms with E-state index in [1.807, 2.05) is 85.2 Å². The molecule has 0 atom stereocenters. The Balaban J connectivity index is 1.09. The van der Waals surface area contributed by atoms with Gasteiger partial charge >= 0.3 is 0 Å². The molecule has 0 spiro atoms. The zero-order valence-electron chi connectivity index (χ0n) is 25.0. The average Bonchev–Trinajstić information content (AvgIpc) is 3.49. The number of rotatable bonds is 7. The third-order valence-electron chi connectivity index (χ3n) is 8.20. The van der Waals surface area contributed by atoms with Crippen LogP contribution in [0.3, 0.4) is 0 Å². The lowest BCUT2D eigenvalue weighted by atomic mass is 10.0. The van der Waals surface area contributed by atoms with E-state index in [9.17, 15) is 0 Å². The minimum atomic E-state index is 0.472. The fourth-order valence-electron chi connectivity index (χ4n) is 5.91. The molecule has 0 radical (unpaired) electrons. The molecule has 7 heteroatoms. The molecule has 0 aliphatic rings. The Labute approximate surface area is 282 Å². The highest BCUT2D eigenvalue weighted by Gasteiger charge is 2.17. The molecule has 0 bridgehead atoms. The minimum Gasteiger partial charge on any atom is -0.308 e. The van der Waals surface area contributed by atoms with Crippen LogP contribution in [0, 0.1) is 0 Å². The molecule has 8 rings (SSSR count). The van der Waals surface area contributed by atoms with Crippen LogP contribution in [0.2, 0.25) is 0 Å². The van der Waals surface area contributed by atoms with Crippen LogP contribution in [0.1, 0.15) is 11.4 Å². The van der Waals surface area contributed by atoms with Gasteiger partial charge in [0.15, 0.2) is 5.82 Å². The number of pyridine rings is 2. The Morgan fingerprint density at radius 2 is 1.02 bits per heavy atom. The predicted octanol–water partition coefficient (Wildman–Crippen LogP) is 9.50. The molecular formula is C40H25N5S2. The van der Waals surface area contributed by atoms with Gasteiger partial charge in [0.2, 0.25) is 0 Å². The number of hydrogen-bond donors (Lipinski definition) is 0. The first kappa shape index (κ1) is 28.7. The van der Waals surface area contributed by atoms with Crippen LogP contribution in [0.25, 0.3) is 61.3 Å². The first-order chi connectivity index (χ1) is 23.2. The van der Waals surface area contributed by atoms with Gasteiger partial charge in [-0.2, -0.15) is 0 Å². The molecule has 0 aliphatic heterocycles. The van der Waals surface area contributed by atoms with Gasteiger partial charge in [0.1, 0.15) is 0 Å². The van der Waals surface area contributed by atoms with E-state index in [0.29, 0.717) is 26.9 Å². The molecule has 222 valence electrons. The van der Waals surface area contributed by atoms with Crippen molar-refractivity contribution in [2.45, 2.75) is 0 Å². The first-order valence-corrected chi connectivity index (χ1v) is 16.0. The number of para-hydroxylation sites is 2. The topological polar surface area (TPSA) is 56.5 Å². The Morgan fingerprint density at radius 1 is 0.468 bits per heavy atom. The molecule has 4 heterocycles. The van der Waals surface area contributed by atoms with E-state index in [0.717, 1.165) is 44.7 Å². The molecule has 0 N–H and O–H groups in total. The number of hydrogen-bond acceptors (Lipinski definition) is 6. The Morgan fingerprint density at radius 3 is 1.60 bits per heavy atom. The predicted molar refractivity (Wildman–Crippen MR) is 198 cm³/mol. The van der Waals surface area contributed by atoms with Crippen molar-refractivity contribution in [2.24, 2.45) is 0 Å². The fraction of sp³-hybridized carbons (Fsp3) is 0. The maximum Gasteiger partial charge on any atom is 0.159 e. The molecular weight excluding hydrogens is 615 g/mol. The Hall–Kier alpha value is -5.76. The fourth-order valence-corrected chi connectivity index (χ4v) is 6.36. The molecule has 8 aromatic rings. The highest BCUT2D eigenvalue weighted by molar-refractivity contribution is 7.90. The van der Waals surface area contributed by atoms with Crippen molar-refractivity contribution >= 4 is 56.0 Å². The second-order valence-electron chi connectivity index (χ2n) is 11.0. The highest BCUT2D eigenvalue weighted by atomic mass is 32.1. The zero-order valence-corrected chi connectivity index (χ0v) is 26.6. The molecule has 0 saturated heterocycles. The first-order valence-electron chi connectivity index (χ1n) is 15.1. The second kappa shape index (κ2) is 12.2. The summed E-state index contributed by atoms with van der Waals surface area (Å²) < 4.78 is 2.23. The van der Waals surface area contributed by atoms with Crippen LogP contribution in [0.15, 0.2) is 152 Å². The SMILES string of the molecule is S=C(C(=S)c1ccc(-n2c3ccccc3c3ccccc32)cn1)c1ccc(-c2nc(-c3ccccc3)ncc2-c2ccccc2)cn1. The molecule has 5 nitrogen and oxygen atoms in total. The monoisotopic (exact) mass is 639 g/mol. The van der Waals surface area contributed by atoms with Gasteiger partial charge in [-0.1, -0.05) is 121 Å². The molecule has 0 fully saturated rings. The number of aromatic nitrogens is 5. The van der Waals surface area contributed by atoms with E-state index in [1.54, 1.807) is 6.20 Å². The van der Waals surface area contributed by atoms with Crippen LogP contribution >= 0.6 is 24.4 Å². The van der Waals surface area contributed by atoms with Gasteiger partial charge < -0.3 is 4.57 Å². The Kier molecular flexibility index (Phi) is 7.45. The van der Waals surface area contributed by atoms with Crippen molar-refractivity contribution in [3.8, 4) is 39.5 Å². The third-order valence-corrected chi connectivity index (χ3v) is 9.16. The van der Waals surface area contributed by atoms with Crippen molar-refractivity contribution in [1.29, 1.82) is 0 Å². The van der Waals surface area contributed by atoms with Gasteiger partial charge in [0, 0.05) is 39.9 Å². The lowest BCUT2D eigenvalue weighted by Gasteiger charge is -2.12. The van der Waals surface area contributed by atoms with E-state index in [2.05, 4.69) is 70.2 Å². The summed E-state index contributed by atoms with van der Waals surface area (Å²) in [7, 11) is 0. The number of thiocarbonyl (C=S) groups is 2. The quantitative estimate of drug-likeness (QED) is 0.128. The van der Waals surface area contributed by atoms with Gasteiger partial charge in [-0.25, -0.2) is 9.97 Å². The summed E-state index contributed by atoms with van der Waals surface area (Å²) in [4.78, 5) is 20.1. The van der Waals surface area contributed by atoms with Crippen molar-refractivity contribution in [2.75, 3.05) is 0 Å². The lowest BCUT2D eigenvalue weighted by molar-refractivity contribution is 1.14. The van der Waals surface area contributed by atoms with Crippen molar-refractivity contribution in [3.63, 3.8) is 0 Å². The van der Waals surface area contributed by atoms with Gasteiger partial charge in [-0.05, 0) is 42.0 Å². The lowest BCUT2D eigenvalue weighted by Crippen LogP contribution is -2.15. The van der Waals surface area contributed by atoms with E-state index < -0.39 is 0 Å². The molecule has 0 amide bonds. The zero-order chi connectivity index (χ0) is 31.7. The Bertz CT molecular complexity index is 2370. The molecule has 4 aromatic heterocycles. The summed E-state index contributed by atoms with van der Waals surface area (Å²) in [6, 6.07) is 44.7. The summed E-state index contributed by atoms with van der Waals surface area (Å²) >= 11 is 11.7. The van der Waals surface area contributed by atoms with Crippen molar-refractivity contribution in [3.05, 3.63) is 163 Å². The van der Waals surface area contributed by atoms with Crippen molar-refractivity contribution < 1.29 is 0 Å². The summed E-state index contributed by atoms with van der Waals surface area (Å²) in [5.74, 6) is 0.650. The van der Waals surface area contributed by atoms with Gasteiger partial charge in [-0.3, -0.25) is 9.97 Å². The van der Waals surface area contributed by atoms with Gasteiger partial charge in [0.25, 0.3) is 0 Å². The number of benzene rings is 4. The normalized spacial score (nSPS) is 11.1. The summed E-state index contributed by atoms with van der Waals surface area (Å²) in [5, 5.41) is 2.40. The van der Waals surface area contributed by atoms with Crippen LogP contribution in [0.4, 0.5) is 0 Å². The van der Waals surface area contributed by atoms with Crippen LogP contribution in [-0.2, 0) is 0 Å². The van der Waals surface area contributed by atoms with E-state index in [-0.39, 0.29) is 0 Å². The summed E-state index contributed by atoms with van der Waals surface area (Å²) in [5.41, 5.74) is 8.99.